The zero-order valence-corrected chi connectivity index (χ0v) is 15.0. The van der Waals surface area contributed by atoms with Crippen molar-refractivity contribution in [2.45, 2.75) is 71.0 Å². The number of hydrogen-bond acceptors (Lipinski definition) is 3. The smallest absolute Gasteiger partial charge is 0.0804 e. The van der Waals surface area contributed by atoms with E-state index in [-0.39, 0.29) is 29.5 Å². The van der Waals surface area contributed by atoms with Gasteiger partial charge in [-0.1, -0.05) is 37.1 Å². The standard InChI is InChI=1S/C21H32O3/c1-20-9-7-14(23)11-13(20)3-4-15-16-5-6-18(19(24)12-22)21(16,2)10-8-17(15)20/h3-4,14,16-19,22-24H,5-12H2,1-2H3/t14-,16-,17-,18+,19?,20-,21-/m0/s1. The summed E-state index contributed by atoms with van der Waals surface area (Å²) in [4.78, 5) is 0. The summed E-state index contributed by atoms with van der Waals surface area (Å²) in [6.07, 6.45) is 11.3. The Morgan fingerprint density at radius 3 is 2.62 bits per heavy atom. The van der Waals surface area contributed by atoms with Gasteiger partial charge in [0.05, 0.1) is 18.8 Å². The van der Waals surface area contributed by atoms with Crippen molar-refractivity contribution in [1.29, 1.82) is 0 Å². The predicted octanol–water partition coefficient (Wildman–Crippen LogP) is 3.20. The Bertz CT molecular complexity index is 580. The van der Waals surface area contributed by atoms with Crippen LogP contribution in [0.3, 0.4) is 0 Å². The van der Waals surface area contributed by atoms with Crippen LogP contribution < -0.4 is 0 Å². The molecule has 1 unspecified atom stereocenters. The summed E-state index contributed by atoms with van der Waals surface area (Å²) in [5, 5.41) is 29.8. The number of hydrogen-bond donors (Lipinski definition) is 3. The summed E-state index contributed by atoms with van der Waals surface area (Å²) in [6.45, 7) is 4.65. The fourth-order valence-electron chi connectivity index (χ4n) is 6.78. The molecule has 0 amide bonds. The highest BCUT2D eigenvalue weighted by Crippen LogP contribution is 2.65. The van der Waals surface area contributed by atoms with Gasteiger partial charge in [0.15, 0.2) is 0 Å². The summed E-state index contributed by atoms with van der Waals surface area (Å²) in [5.41, 5.74) is 3.39. The number of aliphatic hydroxyl groups is 3. The van der Waals surface area contributed by atoms with Crippen molar-refractivity contribution < 1.29 is 15.3 Å². The zero-order valence-electron chi connectivity index (χ0n) is 15.0. The third kappa shape index (κ3) is 2.21. The molecule has 0 aromatic heterocycles. The van der Waals surface area contributed by atoms with Gasteiger partial charge in [-0.25, -0.2) is 0 Å². The first-order chi connectivity index (χ1) is 11.4. The highest BCUT2D eigenvalue weighted by atomic mass is 16.3. The molecule has 3 nitrogen and oxygen atoms in total. The molecule has 0 heterocycles. The van der Waals surface area contributed by atoms with Crippen molar-refractivity contribution in [1.82, 2.24) is 0 Å². The molecule has 4 aliphatic carbocycles. The molecule has 0 saturated heterocycles. The van der Waals surface area contributed by atoms with Crippen LogP contribution in [0, 0.1) is 28.6 Å². The van der Waals surface area contributed by atoms with E-state index in [1.807, 2.05) is 0 Å². The molecule has 7 atom stereocenters. The third-order valence-corrected chi connectivity index (χ3v) is 8.27. The maximum Gasteiger partial charge on any atom is 0.0804 e. The highest BCUT2D eigenvalue weighted by Gasteiger charge is 2.57. The predicted molar refractivity (Wildman–Crippen MR) is 94.3 cm³/mol. The van der Waals surface area contributed by atoms with E-state index >= 15 is 0 Å². The molecule has 24 heavy (non-hydrogen) atoms. The van der Waals surface area contributed by atoms with Gasteiger partial charge in [0.1, 0.15) is 0 Å². The normalized spacial score (nSPS) is 48.7. The van der Waals surface area contributed by atoms with Crippen LogP contribution in [0.4, 0.5) is 0 Å². The average molecular weight is 332 g/mol. The second-order valence-electron chi connectivity index (χ2n) is 9.26. The van der Waals surface area contributed by atoms with E-state index in [1.54, 1.807) is 5.57 Å². The molecule has 4 aliphatic rings. The number of rotatable bonds is 2. The number of aliphatic hydroxyl groups excluding tert-OH is 3. The van der Waals surface area contributed by atoms with Crippen LogP contribution in [0.2, 0.25) is 0 Å². The van der Waals surface area contributed by atoms with Gasteiger partial charge >= 0.3 is 0 Å². The van der Waals surface area contributed by atoms with Gasteiger partial charge in [0.25, 0.3) is 0 Å². The quantitative estimate of drug-likeness (QED) is 0.728. The molecule has 0 aromatic rings. The van der Waals surface area contributed by atoms with Crippen LogP contribution in [0.5, 0.6) is 0 Å². The highest BCUT2D eigenvalue weighted by molar-refractivity contribution is 5.38. The van der Waals surface area contributed by atoms with Crippen molar-refractivity contribution in [2.75, 3.05) is 6.61 Å². The summed E-state index contributed by atoms with van der Waals surface area (Å²) in [5.74, 6) is 1.37. The Kier molecular flexibility index (Phi) is 3.98. The topological polar surface area (TPSA) is 60.7 Å². The summed E-state index contributed by atoms with van der Waals surface area (Å²) in [6, 6.07) is 0. The van der Waals surface area contributed by atoms with E-state index in [1.165, 1.54) is 12.0 Å². The van der Waals surface area contributed by atoms with Crippen molar-refractivity contribution >= 4 is 0 Å². The van der Waals surface area contributed by atoms with E-state index in [2.05, 4.69) is 26.0 Å². The molecular formula is C21H32O3. The van der Waals surface area contributed by atoms with E-state index in [9.17, 15) is 15.3 Å². The Hall–Kier alpha value is -0.640. The van der Waals surface area contributed by atoms with Crippen LogP contribution in [0.15, 0.2) is 23.3 Å². The lowest BCUT2D eigenvalue weighted by Crippen LogP contribution is -2.47. The van der Waals surface area contributed by atoms with Gasteiger partial charge in [-0.2, -0.15) is 0 Å². The monoisotopic (exact) mass is 332 g/mol. The largest absolute Gasteiger partial charge is 0.394 e. The van der Waals surface area contributed by atoms with Gasteiger partial charge in [0.2, 0.25) is 0 Å². The Labute approximate surface area is 145 Å². The maximum atomic E-state index is 10.3. The van der Waals surface area contributed by atoms with E-state index in [0.717, 1.165) is 38.5 Å². The maximum absolute atomic E-state index is 10.3. The Morgan fingerprint density at radius 1 is 1.08 bits per heavy atom. The van der Waals surface area contributed by atoms with Crippen molar-refractivity contribution in [3.63, 3.8) is 0 Å². The van der Waals surface area contributed by atoms with Crippen molar-refractivity contribution in [2.24, 2.45) is 28.6 Å². The lowest BCUT2D eigenvalue weighted by Gasteiger charge is -2.55. The molecule has 0 aliphatic heterocycles. The lowest BCUT2D eigenvalue weighted by molar-refractivity contribution is -0.0253. The summed E-state index contributed by atoms with van der Waals surface area (Å²) in [7, 11) is 0. The number of fused-ring (bicyclic) bond motifs is 5. The molecule has 3 heteroatoms. The van der Waals surface area contributed by atoms with Gasteiger partial charge in [-0.05, 0) is 73.5 Å². The van der Waals surface area contributed by atoms with Crippen LogP contribution in [0.25, 0.3) is 0 Å². The molecular weight excluding hydrogens is 300 g/mol. The van der Waals surface area contributed by atoms with Crippen LogP contribution in [-0.4, -0.2) is 34.1 Å². The van der Waals surface area contributed by atoms with E-state index < -0.39 is 6.10 Å². The van der Waals surface area contributed by atoms with Crippen molar-refractivity contribution in [3.05, 3.63) is 23.3 Å². The van der Waals surface area contributed by atoms with E-state index in [0.29, 0.717) is 11.8 Å². The second-order valence-corrected chi connectivity index (χ2v) is 9.26. The van der Waals surface area contributed by atoms with Gasteiger partial charge in [-0.3, -0.25) is 0 Å². The van der Waals surface area contributed by atoms with Gasteiger partial charge in [0, 0.05) is 0 Å². The molecule has 0 radical (unpaired) electrons. The molecule has 4 rings (SSSR count). The minimum Gasteiger partial charge on any atom is -0.394 e. The van der Waals surface area contributed by atoms with Gasteiger partial charge < -0.3 is 15.3 Å². The average Bonchev–Trinajstić information content (AvgIpc) is 2.92. The Balaban J connectivity index is 1.68. The first-order valence-electron chi connectivity index (χ1n) is 9.78. The molecule has 3 saturated carbocycles. The van der Waals surface area contributed by atoms with Crippen LogP contribution in [-0.2, 0) is 0 Å². The van der Waals surface area contributed by atoms with Crippen LogP contribution in [0.1, 0.15) is 58.8 Å². The van der Waals surface area contributed by atoms with Crippen molar-refractivity contribution in [3.8, 4) is 0 Å². The Morgan fingerprint density at radius 2 is 1.88 bits per heavy atom. The molecule has 0 aromatic carbocycles. The molecule has 134 valence electrons. The van der Waals surface area contributed by atoms with Crippen LogP contribution >= 0.6 is 0 Å². The fraction of sp³-hybridized carbons (Fsp3) is 0.810. The molecule has 3 fully saturated rings. The molecule has 0 bridgehead atoms. The second kappa shape index (κ2) is 5.69. The SMILES string of the molecule is C[C@]12CC[C@H]3C(=CC=C4C[C@@H](O)CC[C@@]43C)[C@@H]1CC[C@@H]2C(O)CO. The lowest BCUT2D eigenvalue weighted by atomic mass is 9.50. The van der Waals surface area contributed by atoms with Gasteiger partial charge in [-0.15, -0.1) is 0 Å². The minimum atomic E-state index is -0.577. The first kappa shape index (κ1) is 16.8. The molecule has 3 N–H and O–H groups in total. The summed E-state index contributed by atoms with van der Waals surface area (Å²) < 4.78 is 0. The minimum absolute atomic E-state index is 0.116. The number of allylic oxidation sites excluding steroid dienone is 3. The van der Waals surface area contributed by atoms with E-state index in [4.69, 9.17) is 0 Å². The zero-order chi connectivity index (χ0) is 17.1. The third-order valence-electron chi connectivity index (χ3n) is 8.27. The fourth-order valence-corrected chi connectivity index (χ4v) is 6.78. The molecule has 0 spiro atoms. The first-order valence-corrected chi connectivity index (χ1v) is 9.78. The summed E-state index contributed by atoms with van der Waals surface area (Å²) >= 11 is 0.